The van der Waals surface area contributed by atoms with Gasteiger partial charge in [0, 0.05) is 44.7 Å². The van der Waals surface area contributed by atoms with Crippen molar-refractivity contribution in [2.75, 3.05) is 0 Å². The fourth-order valence-electron chi connectivity index (χ4n) is 4.52. The van der Waals surface area contributed by atoms with E-state index in [-0.39, 0.29) is 6.54 Å². The van der Waals surface area contributed by atoms with E-state index in [4.69, 9.17) is 21.3 Å². The van der Waals surface area contributed by atoms with Crippen LogP contribution in [-0.2, 0) is 16.1 Å². The second-order valence-corrected chi connectivity index (χ2v) is 10.3. The highest BCUT2D eigenvalue weighted by molar-refractivity contribution is 6.30. The lowest BCUT2D eigenvalue weighted by molar-refractivity contribution is -0.160. The molecule has 0 unspecified atom stereocenters. The molecule has 8 heteroatoms. The first-order valence-electron chi connectivity index (χ1n) is 11.6. The van der Waals surface area contributed by atoms with Gasteiger partial charge in [0.25, 0.3) is 0 Å². The van der Waals surface area contributed by atoms with Crippen molar-refractivity contribution in [1.82, 2.24) is 14.5 Å². The van der Waals surface area contributed by atoms with Crippen LogP contribution in [-0.4, -0.2) is 31.2 Å². The number of hydrogen-bond donors (Lipinski definition) is 1. The zero-order valence-corrected chi connectivity index (χ0v) is 21.9. The zero-order valence-electron chi connectivity index (χ0n) is 21.2. The van der Waals surface area contributed by atoms with Gasteiger partial charge in [0.2, 0.25) is 5.95 Å². The van der Waals surface area contributed by atoms with E-state index in [1.165, 1.54) is 6.20 Å². The highest BCUT2D eigenvalue weighted by Crippen LogP contribution is 2.42. The van der Waals surface area contributed by atoms with Crippen molar-refractivity contribution in [3.8, 4) is 11.1 Å². The summed E-state index contributed by atoms with van der Waals surface area (Å²) in [6.45, 7) is 11.4. The minimum atomic E-state index is -1.24. The van der Waals surface area contributed by atoms with Crippen LogP contribution in [0.15, 0.2) is 42.6 Å². The van der Waals surface area contributed by atoms with Gasteiger partial charge >= 0.3 is 5.97 Å². The van der Waals surface area contributed by atoms with Crippen molar-refractivity contribution in [3.05, 3.63) is 81.6 Å². The number of pyridine rings is 2. The lowest BCUT2D eigenvalue weighted by Crippen LogP contribution is -2.28. The number of benzene rings is 1. The van der Waals surface area contributed by atoms with Gasteiger partial charge in [-0.15, -0.1) is 0 Å². The molecule has 3 aromatic heterocycles. The van der Waals surface area contributed by atoms with Crippen LogP contribution in [0.25, 0.3) is 22.2 Å². The molecule has 0 saturated carbocycles. The smallest absolute Gasteiger partial charge is 0.337 e. The van der Waals surface area contributed by atoms with Crippen LogP contribution in [0, 0.1) is 26.7 Å². The van der Waals surface area contributed by atoms with Crippen LogP contribution in [0.5, 0.6) is 0 Å². The summed E-state index contributed by atoms with van der Waals surface area (Å²) in [5, 5.41) is 11.6. The Morgan fingerprint density at radius 3 is 2.42 bits per heavy atom. The molecule has 4 aromatic rings. The van der Waals surface area contributed by atoms with Gasteiger partial charge in [-0.1, -0.05) is 29.8 Å². The molecule has 0 spiro atoms. The maximum absolute atomic E-state index is 14.5. The van der Waals surface area contributed by atoms with Gasteiger partial charge in [-0.3, -0.25) is 0 Å². The van der Waals surface area contributed by atoms with Crippen molar-refractivity contribution in [3.63, 3.8) is 0 Å². The number of rotatable bonds is 6. The molecule has 0 saturated heterocycles. The van der Waals surface area contributed by atoms with Gasteiger partial charge in [0.1, 0.15) is 5.65 Å². The minimum absolute atomic E-state index is 0.239. The third-order valence-electron chi connectivity index (χ3n) is 6.24. The molecule has 4 rings (SSSR count). The Morgan fingerprint density at radius 1 is 1.17 bits per heavy atom. The van der Waals surface area contributed by atoms with Crippen molar-refractivity contribution in [2.45, 2.75) is 59.8 Å². The Morgan fingerprint density at radius 2 is 1.83 bits per heavy atom. The van der Waals surface area contributed by atoms with E-state index >= 15 is 0 Å². The monoisotopic (exact) mass is 509 g/mol. The quantitative estimate of drug-likeness (QED) is 0.289. The lowest BCUT2D eigenvalue weighted by atomic mass is 9.91. The van der Waals surface area contributed by atoms with Crippen LogP contribution in [0.1, 0.15) is 55.0 Å². The number of carbonyl (C=O) groups is 1. The second-order valence-electron chi connectivity index (χ2n) is 9.89. The Kier molecular flexibility index (Phi) is 6.90. The number of fused-ring (bicyclic) bond motifs is 1. The predicted molar refractivity (Wildman–Crippen MR) is 139 cm³/mol. The first kappa shape index (κ1) is 25.8. The van der Waals surface area contributed by atoms with E-state index in [0.29, 0.717) is 27.5 Å². The molecule has 1 N–H and O–H groups in total. The van der Waals surface area contributed by atoms with Crippen molar-refractivity contribution < 1.29 is 19.0 Å². The molecule has 1 atom stereocenters. The van der Waals surface area contributed by atoms with Crippen LogP contribution < -0.4 is 0 Å². The van der Waals surface area contributed by atoms with E-state index in [1.54, 1.807) is 31.2 Å². The number of nitrogens with zero attached hydrogens (tertiary/aromatic N) is 3. The summed E-state index contributed by atoms with van der Waals surface area (Å²) in [6, 6.07) is 10.7. The first-order valence-corrected chi connectivity index (χ1v) is 12.0. The molecule has 0 aliphatic rings. The number of aromatic nitrogens is 3. The molecular weight excluding hydrogens is 481 g/mol. The van der Waals surface area contributed by atoms with Crippen molar-refractivity contribution in [1.29, 1.82) is 0 Å². The third kappa shape index (κ3) is 4.86. The molecule has 0 radical (unpaired) electrons. The Balaban J connectivity index is 2.08. The zero-order chi connectivity index (χ0) is 26.4. The third-order valence-corrected chi connectivity index (χ3v) is 6.49. The number of ether oxygens (including phenoxy) is 1. The molecule has 1 aromatic carbocycles. The molecule has 0 bridgehead atoms. The summed E-state index contributed by atoms with van der Waals surface area (Å²) in [5.74, 6) is -1.64. The predicted octanol–water partition coefficient (Wildman–Crippen LogP) is 6.81. The first-order chi connectivity index (χ1) is 16.9. The second kappa shape index (κ2) is 9.64. The summed E-state index contributed by atoms with van der Waals surface area (Å²) in [5.41, 5.74) is 4.71. The standard InChI is InChI=1S/C28H29ClFN3O3/c1-15-17(3)33(14-19-8-7-13-31-25(19)30)26-21(15)23(18-9-11-20(29)12-10-18)22(16(2)32-26)24(27(34)35)36-28(4,5)6/h7-13,24H,14H2,1-6H3,(H,34,35)/t24-/m0/s1. The molecule has 0 aliphatic heterocycles. The van der Waals surface area contributed by atoms with Gasteiger partial charge in [-0.05, 0) is 70.9 Å². The van der Waals surface area contributed by atoms with E-state index in [0.717, 1.165) is 27.8 Å². The number of carboxylic acids is 1. The summed E-state index contributed by atoms with van der Waals surface area (Å²) >= 11 is 6.18. The highest BCUT2D eigenvalue weighted by atomic mass is 35.5. The maximum Gasteiger partial charge on any atom is 0.337 e. The molecule has 0 aliphatic carbocycles. The maximum atomic E-state index is 14.5. The Bertz CT molecular complexity index is 1460. The summed E-state index contributed by atoms with van der Waals surface area (Å²) < 4.78 is 22.5. The molecule has 0 fully saturated rings. The number of halogens is 2. The van der Waals surface area contributed by atoms with Gasteiger partial charge in [0.15, 0.2) is 6.10 Å². The fraction of sp³-hybridized carbons (Fsp3) is 0.321. The van der Waals surface area contributed by atoms with E-state index in [2.05, 4.69) is 4.98 Å². The molecular formula is C28H29ClFN3O3. The fourth-order valence-corrected chi connectivity index (χ4v) is 4.65. The molecule has 3 heterocycles. The van der Waals surface area contributed by atoms with Gasteiger partial charge in [0.05, 0.1) is 12.1 Å². The average molecular weight is 510 g/mol. The lowest BCUT2D eigenvalue weighted by Gasteiger charge is -2.28. The Labute approximate surface area is 214 Å². The van der Waals surface area contributed by atoms with Crippen LogP contribution >= 0.6 is 11.6 Å². The molecule has 0 amide bonds. The topological polar surface area (TPSA) is 77.2 Å². The molecule has 36 heavy (non-hydrogen) atoms. The number of aryl methyl sites for hydroxylation is 2. The van der Waals surface area contributed by atoms with Crippen LogP contribution in [0.3, 0.4) is 0 Å². The average Bonchev–Trinajstić information content (AvgIpc) is 3.02. The minimum Gasteiger partial charge on any atom is -0.479 e. The van der Waals surface area contributed by atoms with Crippen molar-refractivity contribution in [2.24, 2.45) is 0 Å². The summed E-state index contributed by atoms with van der Waals surface area (Å²) in [4.78, 5) is 21.2. The summed E-state index contributed by atoms with van der Waals surface area (Å²) in [6.07, 6.45) is 0.172. The van der Waals surface area contributed by atoms with Crippen molar-refractivity contribution >= 4 is 28.6 Å². The van der Waals surface area contributed by atoms with Crippen LogP contribution in [0.4, 0.5) is 4.39 Å². The van der Waals surface area contributed by atoms with E-state index in [9.17, 15) is 14.3 Å². The number of carboxylic acid groups (broad SMARTS) is 1. The van der Waals surface area contributed by atoms with Gasteiger partial charge in [-0.2, -0.15) is 4.39 Å². The van der Waals surface area contributed by atoms with E-state index in [1.807, 2.05) is 51.3 Å². The normalized spacial score (nSPS) is 12.8. The number of aliphatic carboxylic acids is 1. The van der Waals surface area contributed by atoms with E-state index < -0.39 is 23.6 Å². The molecule has 188 valence electrons. The Hall–Kier alpha value is -3.29. The summed E-state index contributed by atoms with van der Waals surface area (Å²) in [7, 11) is 0. The SMILES string of the molecule is Cc1nc2c(c(C)c(C)n2Cc2cccnc2F)c(-c2ccc(Cl)cc2)c1[C@H](OC(C)(C)C)C(=O)O. The highest BCUT2D eigenvalue weighted by Gasteiger charge is 2.33. The largest absolute Gasteiger partial charge is 0.479 e. The van der Waals surface area contributed by atoms with Gasteiger partial charge < -0.3 is 14.4 Å². The van der Waals surface area contributed by atoms with Crippen LogP contribution in [0.2, 0.25) is 5.02 Å². The number of hydrogen-bond acceptors (Lipinski definition) is 4. The molecule has 6 nitrogen and oxygen atoms in total. The van der Waals surface area contributed by atoms with Gasteiger partial charge in [-0.25, -0.2) is 14.8 Å².